The summed E-state index contributed by atoms with van der Waals surface area (Å²) < 4.78 is 0. The van der Waals surface area contributed by atoms with Gasteiger partial charge in [-0.15, -0.1) is 0 Å². The Kier molecular flexibility index (Phi) is 5.60. The molecule has 0 bridgehead atoms. The van der Waals surface area contributed by atoms with Gasteiger partial charge in [-0.1, -0.05) is 17.7 Å². The Labute approximate surface area is 142 Å². The maximum Gasteiger partial charge on any atom is 0.233 e. The molecule has 0 fully saturated rings. The zero-order valence-corrected chi connectivity index (χ0v) is 14.9. The highest BCUT2D eigenvalue weighted by atomic mass is 35.5. The number of rotatable bonds is 6. The molecule has 2 aromatic rings. The first-order valence-corrected chi connectivity index (χ1v) is 8.03. The minimum atomic E-state index is 0.227. The van der Waals surface area contributed by atoms with E-state index in [0.717, 1.165) is 11.3 Å². The van der Waals surface area contributed by atoms with Crippen LogP contribution in [0.15, 0.2) is 18.2 Å². The molecule has 0 saturated heterocycles. The first-order valence-electron chi connectivity index (χ1n) is 7.66. The molecular formula is C16H23ClN6. The Morgan fingerprint density at radius 2 is 1.39 bits per heavy atom. The molecule has 0 spiro atoms. The summed E-state index contributed by atoms with van der Waals surface area (Å²) in [4.78, 5) is 13.2. The molecule has 23 heavy (non-hydrogen) atoms. The minimum Gasteiger partial charge on any atom is -0.352 e. The number of benzene rings is 1. The fourth-order valence-corrected chi connectivity index (χ4v) is 2.10. The lowest BCUT2D eigenvalue weighted by molar-refractivity contribution is 0.847. The number of aromatic nitrogens is 3. The molecular weight excluding hydrogens is 312 g/mol. The molecule has 124 valence electrons. The lowest BCUT2D eigenvalue weighted by Gasteiger charge is -2.15. The molecule has 0 aliphatic rings. The predicted molar refractivity (Wildman–Crippen MR) is 96.8 cm³/mol. The molecule has 1 aromatic heterocycles. The summed E-state index contributed by atoms with van der Waals surface area (Å²) in [5.74, 6) is 1.53. The number of anilines is 4. The smallest absolute Gasteiger partial charge is 0.233 e. The van der Waals surface area contributed by atoms with Crippen LogP contribution in [0.2, 0.25) is 5.02 Å². The van der Waals surface area contributed by atoms with Crippen molar-refractivity contribution in [1.29, 1.82) is 0 Å². The lowest BCUT2D eigenvalue weighted by atomic mass is 10.2. The van der Waals surface area contributed by atoms with Crippen molar-refractivity contribution in [2.45, 2.75) is 46.7 Å². The molecule has 1 heterocycles. The first-order chi connectivity index (χ1) is 10.8. The fourth-order valence-electron chi connectivity index (χ4n) is 1.93. The monoisotopic (exact) mass is 334 g/mol. The summed E-state index contributed by atoms with van der Waals surface area (Å²) in [6.45, 7) is 10.1. The van der Waals surface area contributed by atoms with Crippen LogP contribution in [0.3, 0.4) is 0 Å². The van der Waals surface area contributed by atoms with Crippen LogP contribution in [0, 0.1) is 6.92 Å². The summed E-state index contributed by atoms with van der Waals surface area (Å²) in [7, 11) is 0. The van der Waals surface area contributed by atoms with Crippen molar-refractivity contribution < 1.29 is 0 Å². The summed E-state index contributed by atoms with van der Waals surface area (Å²) in [5, 5.41) is 10.3. The average Bonchev–Trinajstić information content (AvgIpc) is 2.41. The van der Waals surface area contributed by atoms with Crippen LogP contribution in [-0.2, 0) is 0 Å². The molecule has 3 N–H and O–H groups in total. The van der Waals surface area contributed by atoms with E-state index in [4.69, 9.17) is 11.6 Å². The van der Waals surface area contributed by atoms with Crippen LogP contribution >= 0.6 is 11.6 Å². The quantitative estimate of drug-likeness (QED) is 0.734. The maximum absolute atomic E-state index is 6.07. The highest BCUT2D eigenvalue weighted by molar-refractivity contribution is 6.30. The minimum absolute atomic E-state index is 0.227. The molecule has 7 heteroatoms. The number of hydrogen-bond donors (Lipinski definition) is 3. The van der Waals surface area contributed by atoms with Gasteiger partial charge in [-0.25, -0.2) is 0 Å². The predicted octanol–water partition coefficient (Wildman–Crippen LogP) is 4.22. The van der Waals surface area contributed by atoms with E-state index in [9.17, 15) is 0 Å². The van der Waals surface area contributed by atoms with Gasteiger partial charge in [0.25, 0.3) is 0 Å². The van der Waals surface area contributed by atoms with E-state index in [1.165, 1.54) is 0 Å². The van der Waals surface area contributed by atoms with E-state index in [-0.39, 0.29) is 12.1 Å². The van der Waals surface area contributed by atoms with Gasteiger partial charge in [-0.05, 0) is 52.3 Å². The summed E-state index contributed by atoms with van der Waals surface area (Å²) in [6.07, 6.45) is 0. The summed E-state index contributed by atoms with van der Waals surface area (Å²) in [5.41, 5.74) is 1.93. The summed E-state index contributed by atoms with van der Waals surface area (Å²) >= 11 is 6.07. The van der Waals surface area contributed by atoms with Crippen LogP contribution in [0.5, 0.6) is 0 Å². The standard InChI is InChI=1S/C16H23ClN6/c1-9(2)18-14-21-15(19-10(3)4)23-16(22-14)20-13-8-12(17)7-6-11(13)5/h6-10H,1-5H3,(H3,18,19,20,21,22,23). The third-order valence-corrected chi connectivity index (χ3v) is 3.15. The van der Waals surface area contributed by atoms with E-state index >= 15 is 0 Å². The van der Waals surface area contributed by atoms with E-state index in [1.807, 2.05) is 52.8 Å². The second kappa shape index (κ2) is 7.46. The van der Waals surface area contributed by atoms with Crippen molar-refractivity contribution in [3.8, 4) is 0 Å². The largest absolute Gasteiger partial charge is 0.352 e. The van der Waals surface area contributed by atoms with Gasteiger partial charge in [-0.3, -0.25) is 0 Å². The van der Waals surface area contributed by atoms with Gasteiger partial charge in [0.15, 0.2) is 0 Å². The van der Waals surface area contributed by atoms with Crippen molar-refractivity contribution in [1.82, 2.24) is 15.0 Å². The molecule has 0 unspecified atom stereocenters. The van der Waals surface area contributed by atoms with Gasteiger partial charge in [0.1, 0.15) is 0 Å². The Morgan fingerprint density at radius 1 is 0.870 bits per heavy atom. The Morgan fingerprint density at radius 3 is 1.91 bits per heavy atom. The van der Waals surface area contributed by atoms with Gasteiger partial charge in [0.05, 0.1) is 0 Å². The third-order valence-electron chi connectivity index (χ3n) is 2.92. The molecule has 0 aliphatic heterocycles. The second-order valence-electron chi connectivity index (χ2n) is 5.99. The van der Waals surface area contributed by atoms with Gasteiger partial charge in [-0.2, -0.15) is 15.0 Å². The molecule has 0 radical (unpaired) electrons. The Balaban J connectivity index is 2.33. The van der Waals surface area contributed by atoms with Crippen LogP contribution < -0.4 is 16.0 Å². The van der Waals surface area contributed by atoms with E-state index < -0.39 is 0 Å². The van der Waals surface area contributed by atoms with E-state index in [1.54, 1.807) is 0 Å². The number of nitrogens with zero attached hydrogens (tertiary/aromatic N) is 3. The van der Waals surface area contributed by atoms with Gasteiger partial charge < -0.3 is 16.0 Å². The van der Waals surface area contributed by atoms with Crippen molar-refractivity contribution >= 4 is 35.1 Å². The van der Waals surface area contributed by atoms with Gasteiger partial charge >= 0.3 is 0 Å². The van der Waals surface area contributed by atoms with Crippen molar-refractivity contribution in [2.24, 2.45) is 0 Å². The Hall–Kier alpha value is -2.08. The average molecular weight is 335 g/mol. The zero-order valence-electron chi connectivity index (χ0n) is 14.1. The number of nitrogens with one attached hydrogen (secondary N) is 3. The van der Waals surface area contributed by atoms with Crippen LogP contribution in [-0.4, -0.2) is 27.0 Å². The molecule has 1 aromatic carbocycles. The fraction of sp³-hybridized carbons (Fsp3) is 0.438. The van der Waals surface area contributed by atoms with Crippen LogP contribution in [0.4, 0.5) is 23.5 Å². The SMILES string of the molecule is Cc1ccc(Cl)cc1Nc1nc(NC(C)C)nc(NC(C)C)n1. The zero-order chi connectivity index (χ0) is 17.0. The molecule has 0 amide bonds. The normalized spacial score (nSPS) is 11.0. The number of aryl methyl sites for hydroxylation is 1. The van der Waals surface area contributed by atoms with Gasteiger partial charge in [0, 0.05) is 22.8 Å². The van der Waals surface area contributed by atoms with Crippen molar-refractivity contribution in [3.05, 3.63) is 28.8 Å². The highest BCUT2D eigenvalue weighted by Gasteiger charge is 2.10. The molecule has 0 saturated carbocycles. The third kappa shape index (κ3) is 5.25. The molecule has 0 atom stereocenters. The first kappa shape index (κ1) is 17.3. The van der Waals surface area contributed by atoms with Crippen LogP contribution in [0.25, 0.3) is 0 Å². The topological polar surface area (TPSA) is 74.8 Å². The van der Waals surface area contributed by atoms with E-state index in [2.05, 4.69) is 30.9 Å². The van der Waals surface area contributed by atoms with Crippen molar-refractivity contribution in [3.63, 3.8) is 0 Å². The van der Waals surface area contributed by atoms with Crippen molar-refractivity contribution in [2.75, 3.05) is 16.0 Å². The number of hydrogen-bond acceptors (Lipinski definition) is 6. The van der Waals surface area contributed by atoms with E-state index in [0.29, 0.717) is 22.9 Å². The Bertz CT molecular complexity index is 643. The number of halogens is 1. The lowest BCUT2D eigenvalue weighted by Crippen LogP contribution is -2.18. The molecule has 6 nitrogen and oxygen atoms in total. The maximum atomic E-state index is 6.07. The summed E-state index contributed by atoms with van der Waals surface area (Å²) in [6, 6.07) is 6.11. The molecule has 2 rings (SSSR count). The molecule has 0 aliphatic carbocycles. The van der Waals surface area contributed by atoms with Gasteiger partial charge in [0.2, 0.25) is 17.8 Å². The second-order valence-corrected chi connectivity index (χ2v) is 6.42. The van der Waals surface area contributed by atoms with Crippen LogP contribution in [0.1, 0.15) is 33.3 Å². The highest BCUT2D eigenvalue weighted by Crippen LogP contribution is 2.23.